The Morgan fingerprint density at radius 3 is 3.05 bits per heavy atom. The topological polar surface area (TPSA) is 100 Å². The molecule has 0 unspecified atom stereocenters. The van der Waals surface area contributed by atoms with Gasteiger partial charge in [-0.25, -0.2) is 4.79 Å². The first kappa shape index (κ1) is 14.0. The molecule has 0 radical (unpaired) electrons. The predicted octanol–water partition coefficient (Wildman–Crippen LogP) is -0.00558. The third-order valence-corrected chi connectivity index (χ3v) is 2.95. The molecule has 3 N–H and O–H groups in total. The molecule has 0 aliphatic carbocycles. The molecule has 1 atom stereocenters. The molecule has 0 saturated carbocycles. The molecule has 20 heavy (non-hydrogen) atoms. The molecule has 4 amide bonds. The van der Waals surface area contributed by atoms with Crippen LogP contribution in [0.5, 0.6) is 0 Å². The Bertz CT molecular complexity index is 544. The number of amides is 4. The van der Waals surface area contributed by atoms with Crippen LogP contribution in [0.25, 0.3) is 0 Å². The van der Waals surface area contributed by atoms with Gasteiger partial charge >= 0.3 is 6.03 Å². The lowest BCUT2D eigenvalue weighted by atomic mass is 10.1. The highest BCUT2D eigenvalue weighted by Gasteiger charge is 2.25. The van der Waals surface area contributed by atoms with Crippen LogP contribution >= 0.6 is 0 Å². The minimum absolute atomic E-state index is 0.138. The van der Waals surface area contributed by atoms with E-state index in [0.29, 0.717) is 0 Å². The summed E-state index contributed by atoms with van der Waals surface area (Å²) in [5.74, 6) is -0.698. The Labute approximate surface area is 116 Å². The number of aromatic nitrogens is 1. The second-order valence-corrected chi connectivity index (χ2v) is 4.66. The van der Waals surface area contributed by atoms with Crippen molar-refractivity contribution < 1.29 is 14.4 Å². The number of hydrogen-bond donors (Lipinski definition) is 3. The van der Waals surface area contributed by atoms with Crippen molar-refractivity contribution in [3.8, 4) is 0 Å². The summed E-state index contributed by atoms with van der Waals surface area (Å²) in [6.07, 6.45) is 2.09. The first-order chi connectivity index (χ1) is 9.54. The highest BCUT2D eigenvalue weighted by atomic mass is 16.2. The van der Waals surface area contributed by atoms with E-state index in [0.717, 1.165) is 11.3 Å². The van der Waals surface area contributed by atoms with Crippen LogP contribution in [-0.2, 0) is 16.1 Å². The number of nitrogens with zero attached hydrogens (tertiary/aromatic N) is 1. The lowest BCUT2D eigenvalue weighted by Gasteiger charge is -2.14. The Balaban J connectivity index is 1.91. The van der Waals surface area contributed by atoms with E-state index in [9.17, 15) is 14.4 Å². The predicted molar refractivity (Wildman–Crippen MR) is 70.5 cm³/mol. The number of aryl methyl sites for hydroxylation is 1. The zero-order valence-corrected chi connectivity index (χ0v) is 11.1. The van der Waals surface area contributed by atoms with Crippen molar-refractivity contribution in [3.63, 3.8) is 0 Å². The first-order valence-electron chi connectivity index (χ1n) is 6.34. The fourth-order valence-electron chi connectivity index (χ4n) is 1.92. The molecule has 7 heteroatoms. The van der Waals surface area contributed by atoms with Gasteiger partial charge in [-0.15, -0.1) is 0 Å². The largest absolute Gasteiger partial charge is 0.349 e. The minimum atomic E-state index is -0.703. The van der Waals surface area contributed by atoms with E-state index in [4.69, 9.17) is 0 Å². The van der Waals surface area contributed by atoms with Crippen molar-refractivity contribution in [2.45, 2.75) is 32.4 Å². The van der Waals surface area contributed by atoms with Gasteiger partial charge in [-0.1, -0.05) is 0 Å². The molecule has 1 aliphatic heterocycles. The van der Waals surface area contributed by atoms with Crippen molar-refractivity contribution >= 4 is 17.8 Å². The van der Waals surface area contributed by atoms with E-state index in [-0.39, 0.29) is 31.2 Å². The van der Waals surface area contributed by atoms with Crippen LogP contribution in [0.2, 0.25) is 0 Å². The van der Waals surface area contributed by atoms with Crippen molar-refractivity contribution in [2.75, 3.05) is 0 Å². The summed E-state index contributed by atoms with van der Waals surface area (Å²) in [6, 6.07) is 2.40. The molecule has 1 fully saturated rings. The number of urea groups is 1. The van der Waals surface area contributed by atoms with E-state index < -0.39 is 12.1 Å². The van der Waals surface area contributed by atoms with E-state index in [1.54, 1.807) is 6.20 Å². The molecule has 106 valence electrons. The van der Waals surface area contributed by atoms with E-state index in [1.807, 2.05) is 19.1 Å². The average molecular weight is 276 g/mol. The van der Waals surface area contributed by atoms with Crippen molar-refractivity contribution in [1.29, 1.82) is 0 Å². The van der Waals surface area contributed by atoms with Gasteiger partial charge in [-0.2, -0.15) is 0 Å². The SMILES string of the molecule is Cc1ccnc(CNC(=O)[C@@H]2CCC(=O)NC(=O)N2)c1. The molecule has 1 saturated heterocycles. The van der Waals surface area contributed by atoms with Gasteiger partial charge in [0.25, 0.3) is 0 Å². The molecule has 0 spiro atoms. The third-order valence-electron chi connectivity index (χ3n) is 2.95. The number of carbonyl (C=O) groups is 3. The summed E-state index contributed by atoms with van der Waals surface area (Å²) < 4.78 is 0. The summed E-state index contributed by atoms with van der Waals surface area (Å²) in [7, 11) is 0. The zero-order valence-electron chi connectivity index (χ0n) is 11.1. The maximum atomic E-state index is 12.0. The molecule has 1 aromatic heterocycles. The Hall–Kier alpha value is -2.44. The standard InChI is InChI=1S/C13H16N4O3/c1-8-4-5-14-9(6-8)7-15-12(19)10-2-3-11(18)17-13(20)16-10/h4-6,10H,2-3,7H2,1H3,(H,15,19)(H2,16,17,18,20)/t10-/m0/s1. The van der Waals surface area contributed by atoms with Crippen LogP contribution < -0.4 is 16.0 Å². The Kier molecular flexibility index (Phi) is 4.29. The number of rotatable bonds is 3. The van der Waals surface area contributed by atoms with Crippen LogP contribution in [0.1, 0.15) is 24.1 Å². The Morgan fingerprint density at radius 1 is 1.50 bits per heavy atom. The second kappa shape index (κ2) is 6.14. The molecular formula is C13H16N4O3. The van der Waals surface area contributed by atoms with Crippen LogP contribution in [-0.4, -0.2) is 28.9 Å². The van der Waals surface area contributed by atoms with Gasteiger partial charge in [0.2, 0.25) is 11.8 Å². The van der Waals surface area contributed by atoms with Gasteiger partial charge in [-0.05, 0) is 31.0 Å². The van der Waals surface area contributed by atoms with E-state index >= 15 is 0 Å². The molecule has 2 heterocycles. The van der Waals surface area contributed by atoms with Crippen molar-refractivity contribution in [2.24, 2.45) is 0 Å². The monoisotopic (exact) mass is 276 g/mol. The van der Waals surface area contributed by atoms with E-state index in [1.165, 1.54) is 0 Å². The molecule has 2 rings (SSSR count). The van der Waals surface area contributed by atoms with Gasteiger partial charge < -0.3 is 10.6 Å². The molecule has 0 aromatic carbocycles. The average Bonchev–Trinajstić information content (AvgIpc) is 2.57. The molecule has 1 aliphatic rings. The fraction of sp³-hybridized carbons (Fsp3) is 0.385. The fourth-order valence-corrected chi connectivity index (χ4v) is 1.92. The quantitative estimate of drug-likeness (QED) is 0.723. The van der Waals surface area contributed by atoms with Gasteiger partial charge in [0.15, 0.2) is 0 Å². The Morgan fingerprint density at radius 2 is 2.30 bits per heavy atom. The van der Waals surface area contributed by atoms with Crippen LogP contribution in [0.4, 0.5) is 4.79 Å². The van der Waals surface area contributed by atoms with Crippen LogP contribution in [0.15, 0.2) is 18.3 Å². The van der Waals surface area contributed by atoms with Crippen LogP contribution in [0, 0.1) is 6.92 Å². The number of carbonyl (C=O) groups excluding carboxylic acids is 3. The van der Waals surface area contributed by atoms with E-state index in [2.05, 4.69) is 20.9 Å². The van der Waals surface area contributed by atoms with Gasteiger partial charge in [0.1, 0.15) is 6.04 Å². The molecular weight excluding hydrogens is 260 g/mol. The highest BCUT2D eigenvalue weighted by molar-refractivity contribution is 5.98. The maximum Gasteiger partial charge on any atom is 0.322 e. The highest BCUT2D eigenvalue weighted by Crippen LogP contribution is 2.03. The summed E-state index contributed by atoms with van der Waals surface area (Å²) in [5.41, 5.74) is 1.80. The maximum absolute atomic E-state index is 12.0. The lowest BCUT2D eigenvalue weighted by Crippen LogP contribution is -2.48. The van der Waals surface area contributed by atoms with Gasteiger partial charge in [0, 0.05) is 12.6 Å². The first-order valence-corrected chi connectivity index (χ1v) is 6.34. The summed E-state index contributed by atoms with van der Waals surface area (Å²) in [4.78, 5) is 38.6. The number of imide groups is 1. The zero-order chi connectivity index (χ0) is 14.5. The van der Waals surface area contributed by atoms with Gasteiger partial charge in [0.05, 0.1) is 12.2 Å². The summed E-state index contributed by atoms with van der Waals surface area (Å²) in [5, 5.41) is 7.28. The molecule has 1 aromatic rings. The second-order valence-electron chi connectivity index (χ2n) is 4.66. The van der Waals surface area contributed by atoms with Gasteiger partial charge in [-0.3, -0.25) is 19.9 Å². The summed E-state index contributed by atoms with van der Waals surface area (Å²) in [6.45, 7) is 2.23. The summed E-state index contributed by atoms with van der Waals surface area (Å²) >= 11 is 0. The van der Waals surface area contributed by atoms with Crippen molar-refractivity contribution in [1.82, 2.24) is 20.9 Å². The number of hydrogen-bond acceptors (Lipinski definition) is 4. The minimum Gasteiger partial charge on any atom is -0.349 e. The number of nitrogens with one attached hydrogen (secondary N) is 3. The van der Waals surface area contributed by atoms with Crippen molar-refractivity contribution in [3.05, 3.63) is 29.6 Å². The smallest absolute Gasteiger partial charge is 0.322 e. The third kappa shape index (κ3) is 3.78. The normalized spacial score (nSPS) is 18.8. The number of pyridine rings is 1. The lowest BCUT2D eigenvalue weighted by molar-refractivity contribution is -0.123. The van der Waals surface area contributed by atoms with Crippen LogP contribution in [0.3, 0.4) is 0 Å². The molecule has 7 nitrogen and oxygen atoms in total. The molecule has 0 bridgehead atoms.